The van der Waals surface area contributed by atoms with Gasteiger partial charge >= 0.3 is 0 Å². The standard InChI is InChI=1S/C19H20Cl2N2O4/c1-2-26-15-6-3-13(4-7-15)19(25)23-10-9-22-18(24)12-27-17-8-5-14(20)11-16(17)21/h3-8,11H,2,9-10,12H2,1H3,(H,22,24)(H,23,25). The summed E-state index contributed by atoms with van der Waals surface area (Å²) in [5.74, 6) is 0.537. The van der Waals surface area contributed by atoms with Gasteiger partial charge in [0.05, 0.1) is 11.6 Å². The molecule has 0 aromatic heterocycles. The van der Waals surface area contributed by atoms with Crippen LogP contribution in [0.4, 0.5) is 0 Å². The van der Waals surface area contributed by atoms with E-state index in [1.54, 1.807) is 36.4 Å². The van der Waals surface area contributed by atoms with E-state index in [1.807, 2.05) is 6.92 Å². The Morgan fingerprint density at radius 1 is 0.963 bits per heavy atom. The number of hydrogen-bond donors (Lipinski definition) is 2. The molecule has 2 N–H and O–H groups in total. The fourth-order valence-corrected chi connectivity index (χ4v) is 2.60. The van der Waals surface area contributed by atoms with E-state index < -0.39 is 0 Å². The summed E-state index contributed by atoms with van der Waals surface area (Å²) >= 11 is 11.8. The number of benzene rings is 2. The second-order valence-electron chi connectivity index (χ2n) is 5.43. The van der Waals surface area contributed by atoms with Crippen molar-refractivity contribution in [2.75, 3.05) is 26.3 Å². The molecule has 0 heterocycles. The van der Waals surface area contributed by atoms with Crippen LogP contribution in [0.5, 0.6) is 11.5 Å². The van der Waals surface area contributed by atoms with Crippen LogP contribution in [0.2, 0.25) is 10.0 Å². The number of carbonyl (C=O) groups excluding carboxylic acids is 2. The summed E-state index contributed by atoms with van der Waals surface area (Å²) in [6.07, 6.45) is 0. The maximum Gasteiger partial charge on any atom is 0.258 e. The number of carbonyl (C=O) groups is 2. The fourth-order valence-electron chi connectivity index (χ4n) is 2.14. The van der Waals surface area contributed by atoms with E-state index in [0.717, 1.165) is 0 Å². The van der Waals surface area contributed by atoms with Crippen LogP contribution in [-0.4, -0.2) is 38.1 Å². The molecule has 2 aromatic rings. The summed E-state index contributed by atoms with van der Waals surface area (Å²) in [5, 5.41) is 6.19. The Kier molecular flexibility index (Phi) is 8.23. The third-order valence-corrected chi connectivity index (χ3v) is 3.94. The number of halogens is 2. The molecular formula is C19H20Cl2N2O4. The molecule has 2 rings (SSSR count). The second kappa shape index (κ2) is 10.6. The van der Waals surface area contributed by atoms with Crippen LogP contribution in [0.15, 0.2) is 42.5 Å². The molecule has 2 aromatic carbocycles. The SMILES string of the molecule is CCOc1ccc(C(=O)NCCNC(=O)COc2ccc(Cl)cc2Cl)cc1. The van der Waals surface area contributed by atoms with Crippen LogP contribution < -0.4 is 20.1 Å². The average Bonchev–Trinajstić information content (AvgIpc) is 2.65. The monoisotopic (exact) mass is 410 g/mol. The summed E-state index contributed by atoms with van der Waals surface area (Å²) in [6, 6.07) is 11.6. The van der Waals surface area contributed by atoms with Crippen LogP contribution in [-0.2, 0) is 4.79 Å². The van der Waals surface area contributed by atoms with E-state index in [1.165, 1.54) is 6.07 Å². The van der Waals surface area contributed by atoms with Crippen LogP contribution >= 0.6 is 23.2 Å². The maximum absolute atomic E-state index is 12.0. The Bertz CT molecular complexity index is 782. The van der Waals surface area contributed by atoms with Crippen molar-refractivity contribution in [1.29, 1.82) is 0 Å². The molecule has 0 bridgehead atoms. The van der Waals surface area contributed by atoms with Gasteiger partial charge in [0.2, 0.25) is 0 Å². The van der Waals surface area contributed by atoms with E-state index in [9.17, 15) is 9.59 Å². The predicted molar refractivity (Wildman–Crippen MR) is 105 cm³/mol. The topological polar surface area (TPSA) is 76.7 Å². The molecule has 2 amide bonds. The Hall–Kier alpha value is -2.44. The number of rotatable bonds is 9. The first-order chi connectivity index (χ1) is 13.0. The predicted octanol–water partition coefficient (Wildman–Crippen LogP) is 3.32. The van der Waals surface area contributed by atoms with Gasteiger partial charge in [-0.1, -0.05) is 23.2 Å². The van der Waals surface area contributed by atoms with Gasteiger partial charge in [-0.25, -0.2) is 0 Å². The molecule has 0 aliphatic carbocycles. The number of ether oxygens (including phenoxy) is 2. The normalized spacial score (nSPS) is 10.2. The first kappa shape index (κ1) is 20.9. The van der Waals surface area contributed by atoms with Crippen molar-refractivity contribution >= 4 is 35.0 Å². The summed E-state index contributed by atoms with van der Waals surface area (Å²) in [7, 11) is 0. The molecule has 0 radical (unpaired) electrons. The Labute approximate surface area is 167 Å². The summed E-state index contributed by atoms with van der Waals surface area (Å²) < 4.78 is 10.7. The Balaban J connectivity index is 1.66. The second-order valence-corrected chi connectivity index (χ2v) is 6.27. The van der Waals surface area contributed by atoms with Gasteiger partial charge in [0.15, 0.2) is 6.61 Å². The lowest BCUT2D eigenvalue weighted by Gasteiger charge is -2.10. The van der Waals surface area contributed by atoms with Crippen molar-refractivity contribution in [2.45, 2.75) is 6.92 Å². The zero-order chi connectivity index (χ0) is 19.6. The molecule has 0 spiro atoms. The lowest BCUT2D eigenvalue weighted by Crippen LogP contribution is -2.36. The zero-order valence-corrected chi connectivity index (χ0v) is 16.3. The minimum absolute atomic E-state index is 0.186. The lowest BCUT2D eigenvalue weighted by molar-refractivity contribution is -0.123. The molecule has 0 saturated heterocycles. The third kappa shape index (κ3) is 7.00. The minimum Gasteiger partial charge on any atom is -0.494 e. The average molecular weight is 411 g/mol. The first-order valence-electron chi connectivity index (χ1n) is 8.35. The molecular weight excluding hydrogens is 391 g/mol. The molecule has 0 aliphatic heterocycles. The third-order valence-electron chi connectivity index (χ3n) is 3.41. The highest BCUT2D eigenvalue weighted by Gasteiger charge is 2.08. The van der Waals surface area contributed by atoms with Crippen LogP contribution in [0, 0.1) is 0 Å². The minimum atomic E-state index is -0.323. The Morgan fingerprint density at radius 2 is 1.67 bits per heavy atom. The van der Waals surface area contributed by atoms with E-state index in [2.05, 4.69) is 10.6 Å². The number of hydrogen-bond acceptors (Lipinski definition) is 4. The highest BCUT2D eigenvalue weighted by molar-refractivity contribution is 6.35. The van der Waals surface area contributed by atoms with Gasteiger partial charge in [0.1, 0.15) is 11.5 Å². The molecule has 144 valence electrons. The molecule has 6 nitrogen and oxygen atoms in total. The van der Waals surface area contributed by atoms with Gasteiger partial charge in [0.25, 0.3) is 11.8 Å². The molecule has 0 aliphatic rings. The highest BCUT2D eigenvalue weighted by Crippen LogP contribution is 2.27. The van der Waals surface area contributed by atoms with E-state index in [4.69, 9.17) is 32.7 Å². The summed E-state index contributed by atoms with van der Waals surface area (Å²) in [5.41, 5.74) is 0.519. The van der Waals surface area contributed by atoms with E-state index >= 15 is 0 Å². The molecule has 0 saturated carbocycles. The molecule has 0 unspecified atom stereocenters. The quantitative estimate of drug-likeness (QED) is 0.621. The number of nitrogens with one attached hydrogen (secondary N) is 2. The Morgan fingerprint density at radius 3 is 2.33 bits per heavy atom. The zero-order valence-electron chi connectivity index (χ0n) is 14.8. The van der Waals surface area contributed by atoms with Gasteiger partial charge in [-0.15, -0.1) is 0 Å². The lowest BCUT2D eigenvalue weighted by atomic mass is 10.2. The maximum atomic E-state index is 12.0. The van der Waals surface area contributed by atoms with Crippen LogP contribution in [0.1, 0.15) is 17.3 Å². The van der Waals surface area contributed by atoms with Crippen molar-refractivity contribution < 1.29 is 19.1 Å². The molecule has 0 fully saturated rings. The smallest absolute Gasteiger partial charge is 0.258 e. The van der Waals surface area contributed by atoms with Crippen molar-refractivity contribution in [3.05, 3.63) is 58.1 Å². The fraction of sp³-hybridized carbons (Fsp3) is 0.263. The molecule has 8 heteroatoms. The largest absolute Gasteiger partial charge is 0.494 e. The van der Waals surface area contributed by atoms with Gasteiger partial charge in [0, 0.05) is 23.7 Å². The van der Waals surface area contributed by atoms with Crippen LogP contribution in [0.25, 0.3) is 0 Å². The summed E-state index contributed by atoms with van der Waals surface area (Å²) in [4.78, 5) is 23.8. The van der Waals surface area contributed by atoms with Crippen molar-refractivity contribution in [2.24, 2.45) is 0 Å². The molecule has 27 heavy (non-hydrogen) atoms. The molecule has 0 atom stereocenters. The van der Waals surface area contributed by atoms with Gasteiger partial charge in [-0.2, -0.15) is 0 Å². The van der Waals surface area contributed by atoms with Crippen molar-refractivity contribution in [1.82, 2.24) is 10.6 Å². The van der Waals surface area contributed by atoms with E-state index in [-0.39, 0.29) is 25.0 Å². The number of amides is 2. The van der Waals surface area contributed by atoms with Crippen molar-refractivity contribution in [3.8, 4) is 11.5 Å². The van der Waals surface area contributed by atoms with E-state index in [0.29, 0.717) is 40.3 Å². The highest BCUT2D eigenvalue weighted by atomic mass is 35.5. The first-order valence-corrected chi connectivity index (χ1v) is 9.10. The van der Waals surface area contributed by atoms with Crippen LogP contribution in [0.3, 0.4) is 0 Å². The van der Waals surface area contributed by atoms with Crippen molar-refractivity contribution in [3.63, 3.8) is 0 Å². The van der Waals surface area contributed by atoms with Gasteiger partial charge in [-0.05, 0) is 49.4 Å². The summed E-state index contributed by atoms with van der Waals surface area (Å²) in [6.45, 7) is 2.84. The van der Waals surface area contributed by atoms with Gasteiger partial charge in [-0.3, -0.25) is 9.59 Å². The van der Waals surface area contributed by atoms with Gasteiger partial charge < -0.3 is 20.1 Å².